The van der Waals surface area contributed by atoms with Gasteiger partial charge in [-0.25, -0.2) is 13.5 Å². The molecule has 0 atom stereocenters. The van der Waals surface area contributed by atoms with Crippen LogP contribution in [0.1, 0.15) is 13.8 Å². The summed E-state index contributed by atoms with van der Waals surface area (Å²) in [6, 6.07) is 2.94. The molecule has 3 rings (SSSR count). The first-order chi connectivity index (χ1) is 13.3. The highest BCUT2D eigenvalue weighted by molar-refractivity contribution is 8.00. The maximum absolute atomic E-state index is 13.3. The fourth-order valence-electron chi connectivity index (χ4n) is 2.74. The first kappa shape index (κ1) is 20.0. The second-order valence-electron chi connectivity index (χ2n) is 6.68. The highest BCUT2D eigenvalue weighted by Crippen LogP contribution is 2.32. The number of hydrogen-bond donors (Lipinski definition) is 1. The molecular formula is C18H18F2N4O3S. The lowest BCUT2D eigenvalue weighted by atomic mass is 10.2. The third-order valence-electron chi connectivity index (χ3n) is 3.95. The van der Waals surface area contributed by atoms with E-state index in [2.05, 4.69) is 10.4 Å². The van der Waals surface area contributed by atoms with E-state index in [0.29, 0.717) is 11.4 Å². The monoisotopic (exact) mass is 408 g/mol. The molecule has 1 N–H and O–H groups in total. The van der Waals surface area contributed by atoms with Crippen molar-refractivity contribution in [2.24, 2.45) is 5.92 Å². The smallest absolute Gasteiger partial charge is 0.292 e. The van der Waals surface area contributed by atoms with Gasteiger partial charge in [0.25, 0.3) is 5.56 Å². The van der Waals surface area contributed by atoms with Crippen LogP contribution in [-0.2, 0) is 16.1 Å². The van der Waals surface area contributed by atoms with Crippen molar-refractivity contribution in [2.45, 2.75) is 25.3 Å². The van der Waals surface area contributed by atoms with Crippen molar-refractivity contribution in [1.29, 1.82) is 0 Å². The molecule has 28 heavy (non-hydrogen) atoms. The molecule has 7 nitrogen and oxygen atoms in total. The van der Waals surface area contributed by atoms with Crippen LogP contribution < -0.4 is 15.8 Å². The average Bonchev–Trinajstić information content (AvgIpc) is 2.62. The Bertz CT molecular complexity index is 993. The van der Waals surface area contributed by atoms with Crippen molar-refractivity contribution < 1.29 is 18.4 Å². The third-order valence-corrected chi connectivity index (χ3v) is 4.95. The van der Waals surface area contributed by atoms with Gasteiger partial charge in [-0.3, -0.25) is 14.4 Å². The van der Waals surface area contributed by atoms with Crippen molar-refractivity contribution >= 4 is 35.0 Å². The van der Waals surface area contributed by atoms with Gasteiger partial charge in [0.15, 0.2) is 11.6 Å². The van der Waals surface area contributed by atoms with Crippen LogP contribution in [0.25, 0.3) is 0 Å². The Labute approximate surface area is 163 Å². The van der Waals surface area contributed by atoms with Gasteiger partial charge in [-0.05, 0) is 18.1 Å². The predicted molar refractivity (Wildman–Crippen MR) is 101 cm³/mol. The van der Waals surface area contributed by atoms with Gasteiger partial charge in [-0.1, -0.05) is 13.8 Å². The molecule has 0 bridgehead atoms. The van der Waals surface area contributed by atoms with Crippen LogP contribution in [0.15, 0.2) is 34.1 Å². The second kappa shape index (κ2) is 8.09. The summed E-state index contributed by atoms with van der Waals surface area (Å²) >= 11 is 1.23. The molecule has 0 spiro atoms. The van der Waals surface area contributed by atoms with Crippen LogP contribution in [0.2, 0.25) is 0 Å². The number of amides is 2. The van der Waals surface area contributed by atoms with Crippen molar-refractivity contribution in [3.8, 4) is 0 Å². The summed E-state index contributed by atoms with van der Waals surface area (Å²) in [6.07, 6.45) is 1.45. The molecule has 10 heteroatoms. The Morgan fingerprint density at radius 3 is 2.71 bits per heavy atom. The molecule has 0 unspecified atom stereocenters. The van der Waals surface area contributed by atoms with Crippen LogP contribution in [0.5, 0.6) is 0 Å². The highest BCUT2D eigenvalue weighted by Gasteiger charge is 2.29. The van der Waals surface area contributed by atoms with Crippen LogP contribution in [0.3, 0.4) is 0 Å². The van der Waals surface area contributed by atoms with Gasteiger partial charge in [-0.15, -0.1) is 11.8 Å². The molecule has 2 aromatic rings. The van der Waals surface area contributed by atoms with Crippen LogP contribution >= 0.6 is 11.8 Å². The molecule has 0 aliphatic carbocycles. The average molecular weight is 408 g/mol. The third kappa shape index (κ3) is 4.22. The topological polar surface area (TPSA) is 84.3 Å². The van der Waals surface area contributed by atoms with E-state index in [1.807, 2.05) is 13.8 Å². The van der Waals surface area contributed by atoms with Gasteiger partial charge >= 0.3 is 0 Å². The summed E-state index contributed by atoms with van der Waals surface area (Å²) in [5, 5.41) is 6.38. The Balaban J connectivity index is 1.84. The molecule has 1 aliphatic rings. The molecule has 1 aliphatic heterocycles. The van der Waals surface area contributed by atoms with Gasteiger partial charge in [0, 0.05) is 18.3 Å². The normalized spacial score (nSPS) is 13.6. The standard InChI is InChI=1S/C18H18F2N4O3S/c1-10(2)7-23-16(26)9-28-14-6-21-24(18(27)17(14)23)8-15(25)22-11-3-4-12(19)13(20)5-11/h3-6,10H,7-9H2,1-2H3,(H,22,25). The lowest BCUT2D eigenvalue weighted by molar-refractivity contribution is -0.117. The lowest BCUT2D eigenvalue weighted by Gasteiger charge is -2.29. The minimum Gasteiger partial charge on any atom is -0.324 e. The van der Waals surface area contributed by atoms with E-state index in [0.717, 1.165) is 16.8 Å². The number of thioether (sulfide) groups is 1. The number of halogens is 2. The SMILES string of the molecule is CC(C)CN1C(=O)CSc2cnn(CC(=O)Nc3ccc(F)c(F)c3)c(=O)c21. The number of nitrogens with one attached hydrogen (secondary N) is 1. The molecule has 148 valence electrons. The fourth-order valence-corrected chi connectivity index (χ4v) is 3.63. The molecule has 1 aromatic carbocycles. The number of aromatic nitrogens is 2. The summed E-state index contributed by atoms with van der Waals surface area (Å²) < 4.78 is 27.2. The zero-order chi connectivity index (χ0) is 20.4. The van der Waals surface area contributed by atoms with E-state index in [1.165, 1.54) is 28.9 Å². The first-order valence-electron chi connectivity index (χ1n) is 8.54. The number of fused-ring (bicyclic) bond motifs is 1. The molecule has 0 saturated heterocycles. The van der Waals surface area contributed by atoms with E-state index in [-0.39, 0.29) is 29.0 Å². The molecule has 2 amide bonds. The second-order valence-corrected chi connectivity index (χ2v) is 7.70. The van der Waals surface area contributed by atoms with Crippen LogP contribution in [-0.4, -0.2) is 33.9 Å². The van der Waals surface area contributed by atoms with Gasteiger partial charge in [0.05, 0.1) is 16.8 Å². The molecule has 2 heterocycles. The van der Waals surface area contributed by atoms with E-state index >= 15 is 0 Å². The zero-order valence-corrected chi connectivity index (χ0v) is 16.1. The van der Waals surface area contributed by atoms with Crippen molar-refractivity contribution in [3.63, 3.8) is 0 Å². The Kier molecular flexibility index (Phi) is 5.78. The minimum absolute atomic E-state index is 0.0575. The van der Waals surface area contributed by atoms with E-state index < -0.39 is 29.6 Å². The minimum atomic E-state index is -1.10. The first-order valence-corrected chi connectivity index (χ1v) is 9.53. The predicted octanol–water partition coefficient (Wildman–Crippen LogP) is 2.25. The van der Waals surface area contributed by atoms with Crippen LogP contribution in [0.4, 0.5) is 20.2 Å². The number of anilines is 2. The van der Waals surface area contributed by atoms with Gasteiger partial charge < -0.3 is 10.2 Å². The molecule has 0 radical (unpaired) electrons. The molecule has 0 fully saturated rings. The Morgan fingerprint density at radius 1 is 1.29 bits per heavy atom. The van der Waals surface area contributed by atoms with E-state index in [1.54, 1.807) is 0 Å². The number of rotatable bonds is 5. The number of carbonyl (C=O) groups excluding carboxylic acids is 2. The molecule has 1 aromatic heterocycles. The summed E-state index contributed by atoms with van der Waals surface area (Å²) in [7, 11) is 0. The number of carbonyl (C=O) groups is 2. The summed E-state index contributed by atoms with van der Waals surface area (Å²) in [6.45, 7) is 3.82. The maximum Gasteiger partial charge on any atom is 0.292 e. The largest absolute Gasteiger partial charge is 0.324 e. The van der Waals surface area contributed by atoms with E-state index in [9.17, 15) is 23.2 Å². The number of benzene rings is 1. The number of hydrogen-bond acceptors (Lipinski definition) is 5. The van der Waals surface area contributed by atoms with Crippen molar-refractivity contribution in [2.75, 3.05) is 22.5 Å². The Hall–Kier alpha value is -2.75. The summed E-state index contributed by atoms with van der Waals surface area (Å²) in [4.78, 5) is 39.3. The summed E-state index contributed by atoms with van der Waals surface area (Å²) in [5.41, 5.74) is -0.285. The van der Waals surface area contributed by atoms with Crippen molar-refractivity contribution in [1.82, 2.24) is 9.78 Å². The Morgan fingerprint density at radius 2 is 2.04 bits per heavy atom. The molecular weight excluding hydrogens is 390 g/mol. The van der Waals surface area contributed by atoms with Gasteiger partial charge in [0.2, 0.25) is 11.8 Å². The van der Waals surface area contributed by atoms with Crippen LogP contribution in [0, 0.1) is 17.6 Å². The van der Waals surface area contributed by atoms with Crippen molar-refractivity contribution in [3.05, 3.63) is 46.4 Å². The zero-order valence-electron chi connectivity index (χ0n) is 15.2. The fraction of sp³-hybridized carbons (Fsp3) is 0.333. The van der Waals surface area contributed by atoms with Gasteiger partial charge in [-0.2, -0.15) is 5.10 Å². The maximum atomic E-state index is 13.3. The number of nitrogens with zero attached hydrogens (tertiary/aromatic N) is 3. The lowest BCUT2D eigenvalue weighted by Crippen LogP contribution is -2.44. The molecule has 0 saturated carbocycles. The van der Waals surface area contributed by atoms with E-state index in [4.69, 9.17) is 0 Å². The van der Waals surface area contributed by atoms with Gasteiger partial charge in [0.1, 0.15) is 12.2 Å². The quantitative estimate of drug-likeness (QED) is 0.821. The highest BCUT2D eigenvalue weighted by atomic mass is 32.2. The summed E-state index contributed by atoms with van der Waals surface area (Å²) in [5.74, 6) is -2.56.